The van der Waals surface area contributed by atoms with Crippen LogP contribution in [0, 0.1) is 0 Å². The Hall–Kier alpha value is -1.25. The normalized spacial score (nSPS) is 15.1. The maximum atomic E-state index is 6.28. The molecule has 3 rings (SSSR count). The second-order valence-corrected chi connectivity index (χ2v) is 4.89. The van der Waals surface area contributed by atoms with Crippen molar-refractivity contribution in [3.63, 3.8) is 0 Å². The standard InChI is InChI=1S/C14H14ClNO/c15-14-7-10(8-16-12-2-3-12)1-4-13(14)11-5-6-17-9-11/h1,4-7,9,12,16H,2-3,8H2. The maximum absolute atomic E-state index is 6.28. The van der Waals surface area contributed by atoms with Crippen LogP contribution >= 0.6 is 11.6 Å². The molecule has 0 unspecified atom stereocenters. The van der Waals surface area contributed by atoms with Gasteiger partial charge in [0.15, 0.2) is 0 Å². The Balaban J connectivity index is 1.78. The van der Waals surface area contributed by atoms with Crippen molar-refractivity contribution in [3.05, 3.63) is 47.4 Å². The van der Waals surface area contributed by atoms with E-state index in [1.165, 1.54) is 18.4 Å². The second kappa shape index (κ2) is 4.55. The smallest absolute Gasteiger partial charge is 0.0981 e. The summed E-state index contributed by atoms with van der Waals surface area (Å²) in [7, 11) is 0. The summed E-state index contributed by atoms with van der Waals surface area (Å²) in [5.41, 5.74) is 3.28. The second-order valence-electron chi connectivity index (χ2n) is 4.48. The topological polar surface area (TPSA) is 25.2 Å². The van der Waals surface area contributed by atoms with Gasteiger partial charge in [-0.05, 0) is 30.5 Å². The third-order valence-electron chi connectivity index (χ3n) is 3.04. The predicted molar refractivity (Wildman–Crippen MR) is 69.0 cm³/mol. The van der Waals surface area contributed by atoms with Crippen molar-refractivity contribution in [3.8, 4) is 11.1 Å². The quantitative estimate of drug-likeness (QED) is 0.888. The molecule has 88 valence electrons. The van der Waals surface area contributed by atoms with Crippen LogP contribution in [0.2, 0.25) is 5.02 Å². The highest BCUT2D eigenvalue weighted by molar-refractivity contribution is 6.33. The fourth-order valence-corrected chi connectivity index (χ4v) is 2.18. The average Bonchev–Trinajstić information content (AvgIpc) is 3.01. The molecule has 0 saturated heterocycles. The summed E-state index contributed by atoms with van der Waals surface area (Å²) in [6.45, 7) is 0.899. The van der Waals surface area contributed by atoms with Gasteiger partial charge >= 0.3 is 0 Å². The molecular formula is C14H14ClNO. The van der Waals surface area contributed by atoms with E-state index in [4.69, 9.17) is 16.0 Å². The number of hydrogen-bond acceptors (Lipinski definition) is 2. The van der Waals surface area contributed by atoms with Gasteiger partial charge in [-0.3, -0.25) is 0 Å². The third kappa shape index (κ3) is 2.54. The van der Waals surface area contributed by atoms with E-state index in [1.807, 2.05) is 12.1 Å². The zero-order valence-electron chi connectivity index (χ0n) is 9.45. The van der Waals surface area contributed by atoms with Gasteiger partial charge in [0.05, 0.1) is 12.5 Å². The molecule has 17 heavy (non-hydrogen) atoms. The van der Waals surface area contributed by atoms with Crippen LogP contribution in [0.3, 0.4) is 0 Å². The van der Waals surface area contributed by atoms with E-state index in [0.717, 1.165) is 28.7 Å². The SMILES string of the molecule is Clc1cc(CNC2CC2)ccc1-c1ccoc1. The highest BCUT2D eigenvalue weighted by atomic mass is 35.5. The monoisotopic (exact) mass is 247 g/mol. The van der Waals surface area contributed by atoms with Crippen LogP contribution in [0.1, 0.15) is 18.4 Å². The Morgan fingerprint density at radius 1 is 1.29 bits per heavy atom. The number of hydrogen-bond donors (Lipinski definition) is 1. The van der Waals surface area contributed by atoms with E-state index in [-0.39, 0.29) is 0 Å². The molecule has 1 aliphatic carbocycles. The predicted octanol–water partition coefficient (Wildman–Crippen LogP) is 3.85. The number of benzene rings is 1. The summed E-state index contributed by atoms with van der Waals surface area (Å²) in [6, 6.07) is 8.84. The fourth-order valence-electron chi connectivity index (χ4n) is 1.87. The van der Waals surface area contributed by atoms with Crippen LogP contribution in [-0.2, 0) is 6.54 Å². The van der Waals surface area contributed by atoms with Crippen LogP contribution in [0.4, 0.5) is 0 Å². The van der Waals surface area contributed by atoms with Crippen molar-refractivity contribution in [1.82, 2.24) is 5.32 Å². The first-order valence-electron chi connectivity index (χ1n) is 5.87. The lowest BCUT2D eigenvalue weighted by molar-refractivity contribution is 0.568. The van der Waals surface area contributed by atoms with Crippen molar-refractivity contribution in [2.24, 2.45) is 0 Å². The molecule has 0 amide bonds. The molecule has 1 saturated carbocycles. The largest absolute Gasteiger partial charge is 0.472 e. The highest BCUT2D eigenvalue weighted by Crippen LogP contribution is 2.29. The van der Waals surface area contributed by atoms with Crippen molar-refractivity contribution in [1.29, 1.82) is 0 Å². The summed E-state index contributed by atoms with van der Waals surface area (Å²) >= 11 is 6.28. The first-order chi connectivity index (χ1) is 8.33. The molecule has 1 aromatic carbocycles. The Labute approximate surface area is 106 Å². The molecule has 1 heterocycles. The van der Waals surface area contributed by atoms with Gasteiger partial charge in [-0.2, -0.15) is 0 Å². The Kier molecular flexibility index (Phi) is 2.91. The molecule has 2 aromatic rings. The van der Waals surface area contributed by atoms with Gasteiger partial charge < -0.3 is 9.73 Å². The molecule has 0 radical (unpaired) electrons. The van der Waals surface area contributed by atoms with Gasteiger partial charge in [0.1, 0.15) is 0 Å². The third-order valence-corrected chi connectivity index (χ3v) is 3.35. The fraction of sp³-hybridized carbons (Fsp3) is 0.286. The van der Waals surface area contributed by atoms with E-state index in [1.54, 1.807) is 12.5 Å². The summed E-state index contributed by atoms with van der Waals surface area (Å²) in [5.74, 6) is 0. The van der Waals surface area contributed by atoms with Gasteiger partial charge in [0, 0.05) is 28.7 Å². The van der Waals surface area contributed by atoms with Crippen molar-refractivity contribution in [2.45, 2.75) is 25.4 Å². The van der Waals surface area contributed by atoms with Gasteiger partial charge in [0.2, 0.25) is 0 Å². The summed E-state index contributed by atoms with van der Waals surface area (Å²) in [4.78, 5) is 0. The van der Waals surface area contributed by atoms with Crippen LogP contribution in [0.5, 0.6) is 0 Å². The van der Waals surface area contributed by atoms with Gasteiger partial charge in [-0.15, -0.1) is 0 Å². The lowest BCUT2D eigenvalue weighted by Gasteiger charge is -2.06. The molecule has 0 spiro atoms. The van der Waals surface area contributed by atoms with Crippen LogP contribution in [-0.4, -0.2) is 6.04 Å². The summed E-state index contributed by atoms with van der Waals surface area (Å²) in [6.07, 6.45) is 5.99. The van der Waals surface area contributed by atoms with Crippen molar-refractivity contribution < 1.29 is 4.42 Å². The maximum Gasteiger partial charge on any atom is 0.0981 e. The van der Waals surface area contributed by atoms with Gasteiger partial charge in [-0.1, -0.05) is 23.7 Å². The molecule has 0 aliphatic heterocycles. The Morgan fingerprint density at radius 3 is 2.82 bits per heavy atom. The number of rotatable bonds is 4. The van der Waals surface area contributed by atoms with Crippen LogP contribution in [0.15, 0.2) is 41.2 Å². The minimum atomic E-state index is 0.724. The van der Waals surface area contributed by atoms with E-state index in [0.29, 0.717) is 0 Å². The van der Waals surface area contributed by atoms with Gasteiger partial charge in [-0.25, -0.2) is 0 Å². The highest BCUT2D eigenvalue weighted by Gasteiger charge is 2.20. The minimum Gasteiger partial charge on any atom is -0.472 e. The first kappa shape index (κ1) is 10.9. The Morgan fingerprint density at radius 2 is 2.18 bits per heavy atom. The van der Waals surface area contributed by atoms with Crippen LogP contribution in [0.25, 0.3) is 11.1 Å². The van der Waals surface area contributed by atoms with Crippen LogP contribution < -0.4 is 5.32 Å². The average molecular weight is 248 g/mol. The summed E-state index contributed by atoms with van der Waals surface area (Å²) in [5, 5.41) is 4.26. The molecule has 1 aromatic heterocycles. The number of furan rings is 1. The minimum absolute atomic E-state index is 0.724. The van der Waals surface area contributed by atoms with Crippen molar-refractivity contribution in [2.75, 3.05) is 0 Å². The molecule has 3 heteroatoms. The first-order valence-corrected chi connectivity index (χ1v) is 6.25. The zero-order valence-corrected chi connectivity index (χ0v) is 10.2. The number of nitrogens with one attached hydrogen (secondary N) is 1. The molecule has 1 fully saturated rings. The molecule has 0 atom stereocenters. The summed E-state index contributed by atoms with van der Waals surface area (Å²) < 4.78 is 5.07. The lowest BCUT2D eigenvalue weighted by Crippen LogP contribution is -2.15. The van der Waals surface area contributed by atoms with E-state index >= 15 is 0 Å². The van der Waals surface area contributed by atoms with E-state index < -0.39 is 0 Å². The molecule has 1 N–H and O–H groups in total. The number of halogens is 1. The molecule has 1 aliphatic rings. The van der Waals surface area contributed by atoms with Gasteiger partial charge in [0.25, 0.3) is 0 Å². The molecule has 2 nitrogen and oxygen atoms in total. The molecular weight excluding hydrogens is 234 g/mol. The molecule has 0 bridgehead atoms. The zero-order chi connectivity index (χ0) is 11.7. The van der Waals surface area contributed by atoms with E-state index in [9.17, 15) is 0 Å². The van der Waals surface area contributed by atoms with Crippen molar-refractivity contribution >= 4 is 11.6 Å². The lowest BCUT2D eigenvalue weighted by atomic mass is 10.1. The Bertz CT molecular complexity index is 503. The van der Waals surface area contributed by atoms with E-state index in [2.05, 4.69) is 17.4 Å².